The molecule has 21 heavy (non-hydrogen) atoms. The lowest BCUT2D eigenvalue weighted by Gasteiger charge is -2.09. The molecule has 0 aliphatic rings. The van der Waals surface area contributed by atoms with Gasteiger partial charge in [-0.3, -0.25) is 0 Å². The minimum Gasteiger partial charge on any atom is -0.459 e. The van der Waals surface area contributed by atoms with Gasteiger partial charge in [0.15, 0.2) is 0 Å². The molecule has 2 N–H and O–H groups in total. The van der Waals surface area contributed by atoms with E-state index in [1.807, 2.05) is 25.1 Å². The topological polar surface area (TPSA) is 39.2 Å². The van der Waals surface area contributed by atoms with Gasteiger partial charge in [-0.05, 0) is 48.4 Å². The first-order valence-corrected chi connectivity index (χ1v) is 7.53. The molecule has 0 aliphatic heterocycles. The summed E-state index contributed by atoms with van der Waals surface area (Å²) in [5, 5.41) is 1.03. The molecule has 3 rings (SSSR count). The van der Waals surface area contributed by atoms with Crippen molar-refractivity contribution in [1.82, 2.24) is 0 Å². The highest BCUT2D eigenvalue weighted by atomic mass is 79.9. The Hall–Kier alpha value is -1.36. The standard InChI is InChI=1S/C16H12BrClFNO/c1-8-4-11(17)5-10-7-14(21-16(8)10)15(20)9-2-3-13(19)12(18)6-9/h2-7,15H,20H2,1H3. The first-order valence-electron chi connectivity index (χ1n) is 6.36. The average Bonchev–Trinajstić information content (AvgIpc) is 2.85. The zero-order valence-electron chi connectivity index (χ0n) is 11.2. The van der Waals surface area contributed by atoms with Crippen LogP contribution in [0.1, 0.15) is 22.9 Å². The molecule has 3 aromatic rings. The van der Waals surface area contributed by atoms with Gasteiger partial charge >= 0.3 is 0 Å². The number of nitrogens with two attached hydrogens (primary N) is 1. The van der Waals surface area contributed by atoms with E-state index < -0.39 is 11.9 Å². The molecule has 108 valence electrons. The maximum Gasteiger partial charge on any atom is 0.141 e. The Balaban J connectivity index is 2.07. The second-order valence-electron chi connectivity index (χ2n) is 4.94. The number of fused-ring (bicyclic) bond motifs is 1. The van der Waals surface area contributed by atoms with Crippen LogP contribution in [0.15, 0.2) is 45.3 Å². The van der Waals surface area contributed by atoms with Crippen LogP contribution >= 0.6 is 27.5 Å². The van der Waals surface area contributed by atoms with Crippen molar-refractivity contribution in [1.29, 1.82) is 0 Å². The average molecular weight is 369 g/mol. The molecule has 0 aliphatic carbocycles. The van der Waals surface area contributed by atoms with Crippen molar-refractivity contribution in [3.8, 4) is 0 Å². The molecular weight excluding hydrogens is 357 g/mol. The molecule has 0 radical (unpaired) electrons. The smallest absolute Gasteiger partial charge is 0.141 e. The Morgan fingerprint density at radius 2 is 2.00 bits per heavy atom. The summed E-state index contributed by atoms with van der Waals surface area (Å²) in [6.45, 7) is 1.97. The fraction of sp³-hybridized carbons (Fsp3) is 0.125. The van der Waals surface area contributed by atoms with Crippen molar-refractivity contribution >= 4 is 38.5 Å². The summed E-state index contributed by atoms with van der Waals surface area (Å²) in [6.07, 6.45) is 0. The highest BCUT2D eigenvalue weighted by Crippen LogP contribution is 2.31. The van der Waals surface area contributed by atoms with Crippen LogP contribution in [0, 0.1) is 12.7 Å². The summed E-state index contributed by atoms with van der Waals surface area (Å²) in [4.78, 5) is 0. The normalized spacial score (nSPS) is 12.8. The highest BCUT2D eigenvalue weighted by molar-refractivity contribution is 9.10. The van der Waals surface area contributed by atoms with Gasteiger partial charge in [0.05, 0.1) is 11.1 Å². The molecule has 0 saturated carbocycles. The van der Waals surface area contributed by atoms with Crippen LogP contribution < -0.4 is 5.73 Å². The van der Waals surface area contributed by atoms with E-state index in [1.54, 1.807) is 6.07 Å². The van der Waals surface area contributed by atoms with Crippen LogP contribution in [0.5, 0.6) is 0 Å². The Morgan fingerprint density at radius 1 is 1.24 bits per heavy atom. The second-order valence-corrected chi connectivity index (χ2v) is 6.26. The number of benzene rings is 2. The lowest BCUT2D eigenvalue weighted by molar-refractivity contribution is 0.523. The molecule has 1 atom stereocenters. The van der Waals surface area contributed by atoms with E-state index in [9.17, 15) is 4.39 Å². The zero-order chi connectivity index (χ0) is 15.1. The molecule has 1 aromatic heterocycles. The van der Waals surface area contributed by atoms with Gasteiger partial charge in [0.2, 0.25) is 0 Å². The summed E-state index contributed by atoms with van der Waals surface area (Å²) in [6, 6.07) is 9.81. The van der Waals surface area contributed by atoms with Gasteiger partial charge in [-0.1, -0.05) is 33.6 Å². The van der Waals surface area contributed by atoms with Crippen LogP contribution in [-0.4, -0.2) is 0 Å². The van der Waals surface area contributed by atoms with Gasteiger partial charge in [-0.15, -0.1) is 0 Å². The van der Waals surface area contributed by atoms with Gasteiger partial charge in [0.25, 0.3) is 0 Å². The van der Waals surface area contributed by atoms with Gasteiger partial charge in [0.1, 0.15) is 17.2 Å². The van der Waals surface area contributed by atoms with Gasteiger partial charge in [-0.2, -0.15) is 0 Å². The number of hydrogen-bond acceptors (Lipinski definition) is 2. The summed E-state index contributed by atoms with van der Waals surface area (Å²) in [5.74, 6) is 0.158. The third kappa shape index (κ3) is 2.71. The number of hydrogen-bond donors (Lipinski definition) is 1. The van der Waals surface area contributed by atoms with Crippen molar-refractivity contribution in [2.45, 2.75) is 13.0 Å². The third-order valence-electron chi connectivity index (χ3n) is 3.40. The summed E-state index contributed by atoms with van der Waals surface area (Å²) < 4.78 is 20.1. The van der Waals surface area contributed by atoms with Crippen molar-refractivity contribution in [3.05, 3.63) is 68.6 Å². The minimum absolute atomic E-state index is 0.0537. The van der Waals surface area contributed by atoms with Gasteiger partial charge in [0, 0.05) is 9.86 Å². The van der Waals surface area contributed by atoms with E-state index in [0.29, 0.717) is 11.3 Å². The van der Waals surface area contributed by atoms with E-state index >= 15 is 0 Å². The van der Waals surface area contributed by atoms with Crippen molar-refractivity contribution in [2.24, 2.45) is 5.73 Å². The third-order valence-corrected chi connectivity index (χ3v) is 4.14. The molecule has 2 aromatic carbocycles. The fourth-order valence-electron chi connectivity index (χ4n) is 2.33. The first-order chi connectivity index (χ1) is 9.95. The molecule has 5 heteroatoms. The summed E-state index contributed by atoms with van der Waals surface area (Å²) in [5.41, 5.74) is 8.73. The Labute approximate surface area is 134 Å². The Morgan fingerprint density at radius 3 is 2.71 bits per heavy atom. The molecule has 0 spiro atoms. The Bertz CT molecular complexity index is 831. The zero-order valence-corrected chi connectivity index (χ0v) is 13.5. The van der Waals surface area contributed by atoms with Crippen LogP contribution in [-0.2, 0) is 0 Å². The van der Waals surface area contributed by atoms with Crippen molar-refractivity contribution in [3.63, 3.8) is 0 Å². The van der Waals surface area contributed by atoms with Crippen molar-refractivity contribution in [2.75, 3.05) is 0 Å². The number of rotatable bonds is 2. The Kier molecular flexibility index (Phi) is 3.78. The fourth-order valence-corrected chi connectivity index (χ4v) is 3.11. The highest BCUT2D eigenvalue weighted by Gasteiger charge is 2.16. The second kappa shape index (κ2) is 5.44. The monoisotopic (exact) mass is 367 g/mol. The van der Waals surface area contributed by atoms with E-state index in [2.05, 4.69) is 15.9 Å². The molecule has 2 nitrogen and oxygen atoms in total. The van der Waals surface area contributed by atoms with Crippen molar-refractivity contribution < 1.29 is 8.81 Å². The molecule has 0 saturated heterocycles. The van der Waals surface area contributed by atoms with Gasteiger partial charge in [-0.25, -0.2) is 4.39 Å². The van der Waals surface area contributed by atoms with E-state index in [0.717, 1.165) is 21.0 Å². The maximum atomic E-state index is 13.2. The molecule has 0 amide bonds. The number of aryl methyl sites for hydroxylation is 1. The van der Waals surface area contributed by atoms with E-state index in [-0.39, 0.29) is 5.02 Å². The maximum absolute atomic E-state index is 13.2. The first kappa shape index (κ1) is 14.6. The SMILES string of the molecule is Cc1cc(Br)cc2cc(C(N)c3ccc(F)c(Cl)c3)oc12. The quantitative estimate of drug-likeness (QED) is 0.663. The summed E-state index contributed by atoms with van der Waals surface area (Å²) >= 11 is 9.26. The van der Waals surface area contributed by atoms with Crippen LogP contribution in [0.2, 0.25) is 5.02 Å². The minimum atomic E-state index is -0.492. The molecule has 0 bridgehead atoms. The molecule has 1 unspecified atom stereocenters. The summed E-state index contributed by atoms with van der Waals surface area (Å²) in [7, 11) is 0. The predicted octanol–water partition coefficient (Wildman–Crippen LogP) is 5.34. The largest absolute Gasteiger partial charge is 0.459 e. The lowest BCUT2D eigenvalue weighted by Crippen LogP contribution is -2.10. The lowest BCUT2D eigenvalue weighted by atomic mass is 10.1. The molecule has 1 heterocycles. The molecular formula is C16H12BrClFNO. The van der Waals surface area contributed by atoms with Crippen LogP contribution in [0.4, 0.5) is 4.39 Å². The predicted molar refractivity (Wildman–Crippen MR) is 86.1 cm³/mol. The van der Waals surface area contributed by atoms with Crippen LogP contribution in [0.25, 0.3) is 11.0 Å². The van der Waals surface area contributed by atoms with E-state index in [4.69, 9.17) is 21.8 Å². The van der Waals surface area contributed by atoms with Gasteiger partial charge < -0.3 is 10.2 Å². The van der Waals surface area contributed by atoms with Crippen LogP contribution in [0.3, 0.4) is 0 Å². The number of halogens is 3. The molecule has 0 fully saturated rings. The van der Waals surface area contributed by atoms with E-state index in [1.165, 1.54) is 12.1 Å². The number of furan rings is 1.